The number of rotatable bonds is 4. The van der Waals surface area contributed by atoms with Gasteiger partial charge in [-0.3, -0.25) is 4.98 Å². The monoisotopic (exact) mass is 298 g/mol. The van der Waals surface area contributed by atoms with Crippen molar-refractivity contribution in [3.05, 3.63) is 40.6 Å². The van der Waals surface area contributed by atoms with E-state index in [2.05, 4.69) is 72.0 Å². The van der Waals surface area contributed by atoms with Crippen molar-refractivity contribution in [2.75, 3.05) is 0 Å². The molecule has 1 aromatic heterocycles. The molecule has 1 aromatic carbocycles. The fourth-order valence-corrected chi connectivity index (χ4v) is 2.56. The maximum atomic E-state index is 4.99. The van der Waals surface area contributed by atoms with Gasteiger partial charge < -0.3 is 5.32 Å². The lowest BCUT2D eigenvalue weighted by atomic mass is 9.89. The van der Waals surface area contributed by atoms with E-state index in [-0.39, 0.29) is 5.41 Å². The van der Waals surface area contributed by atoms with Gasteiger partial charge in [0, 0.05) is 29.1 Å². The highest BCUT2D eigenvalue weighted by Gasteiger charge is 2.19. The fourth-order valence-electron chi connectivity index (χ4n) is 2.56. The Balaban J connectivity index is 2.59. The molecule has 0 fully saturated rings. The van der Waals surface area contributed by atoms with Crippen LogP contribution in [0.1, 0.15) is 63.4 Å². The van der Waals surface area contributed by atoms with Gasteiger partial charge in [0.1, 0.15) is 0 Å². The molecular formula is C20H30N2. The highest BCUT2D eigenvalue weighted by atomic mass is 14.9. The normalized spacial score (nSPS) is 13.6. The first-order chi connectivity index (χ1) is 10.2. The summed E-state index contributed by atoms with van der Waals surface area (Å²) in [5.41, 5.74) is 6.37. The van der Waals surface area contributed by atoms with E-state index in [0.29, 0.717) is 6.04 Å². The summed E-state index contributed by atoms with van der Waals surface area (Å²) in [4.78, 5) is 4.99. The van der Waals surface area contributed by atoms with Crippen molar-refractivity contribution in [1.29, 1.82) is 0 Å². The molecule has 22 heavy (non-hydrogen) atoms. The van der Waals surface area contributed by atoms with E-state index in [1.54, 1.807) is 0 Å². The first kappa shape index (κ1) is 17.0. The van der Waals surface area contributed by atoms with E-state index in [4.69, 9.17) is 4.98 Å². The fraction of sp³-hybridized carbons (Fsp3) is 0.550. The third-order valence-corrected chi connectivity index (χ3v) is 4.61. The van der Waals surface area contributed by atoms with E-state index < -0.39 is 0 Å². The zero-order valence-electron chi connectivity index (χ0n) is 15.2. The first-order valence-corrected chi connectivity index (χ1v) is 8.37. The van der Waals surface area contributed by atoms with Crippen LogP contribution in [0.3, 0.4) is 0 Å². The van der Waals surface area contributed by atoms with Crippen molar-refractivity contribution in [3.63, 3.8) is 0 Å². The number of benzene rings is 1. The minimum absolute atomic E-state index is 0.0650. The predicted octanol–water partition coefficient (Wildman–Crippen LogP) is 5.04. The third-order valence-electron chi connectivity index (χ3n) is 4.61. The number of hydrogen-bond donors (Lipinski definition) is 1. The van der Waals surface area contributed by atoms with Crippen molar-refractivity contribution in [3.8, 4) is 0 Å². The van der Waals surface area contributed by atoms with Crippen LogP contribution in [0.15, 0.2) is 18.2 Å². The zero-order chi connectivity index (χ0) is 16.5. The van der Waals surface area contributed by atoms with Crippen molar-refractivity contribution in [2.45, 2.75) is 72.9 Å². The molecule has 0 aliphatic heterocycles. The molecule has 2 nitrogen and oxygen atoms in total. The summed E-state index contributed by atoms with van der Waals surface area (Å²) in [6.45, 7) is 16.4. The van der Waals surface area contributed by atoms with Crippen LogP contribution in [0.5, 0.6) is 0 Å². The van der Waals surface area contributed by atoms with Crippen molar-refractivity contribution in [2.24, 2.45) is 0 Å². The van der Waals surface area contributed by atoms with Gasteiger partial charge in [-0.15, -0.1) is 0 Å². The first-order valence-electron chi connectivity index (χ1n) is 8.37. The zero-order valence-corrected chi connectivity index (χ0v) is 15.2. The van der Waals surface area contributed by atoms with Crippen LogP contribution >= 0.6 is 0 Å². The Morgan fingerprint density at radius 3 is 2.45 bits per heavy atom. The quantitative estimate of drug-likeness (QED) is 0.855. The van der Waals surface area contributed by atoms with Gasteiger partial charge in [-0.05, 0) is 49.9 Å². The molecule has 1 heterocycles. The molecular weight excluding hydrogens is 268 g/mol. The average Bonchev–Trinajstić information content (AvgIpc) is 2.47. The summed E-state index contributed by atoms with van der Waals surface area (Å²) in [6, 6.07) is 7.26. The maximum Gasteiger partial charge on any atom is 0.0740 e. The SMILES string of the molecule is CCC(C)NCc1cc(C(C)(C)C)nc2c(C)c(C)ccc12. The molecule has 0 saturated carbocycles. The highest BCUT2D eigenvalue weighted by molar-refractivity contribution is 5.86. The van der Waals surface area contributed by atoms with Gasteiger partial charge in [0.15, 0.2) is 0 Å². The van der Waals surface area contributed by atoms with Crippen LogP contribution in [0.2, 0.25) is 0 Å². The average molecular weight is 298 g/mol. The van der Waals surface area contributed by atoms with Gasteiger partial charge in [0.05, 0.1) is 5.52 Å². The Morgan fingerprint density at radius 2 is 1.86 bits per heavy atom. The number of aromatic nitrogens is 1. The van der Waals surface area contributed by atoms with Crippen molar-refractivity contribution < 1.29 is 0 Å². The molecule has 0 radical (unpaired) electrons. The number of aryl methyl sites for hydroxylation is 2. The standard InChI is InChI=1S/C20H30N2/c1-8-14(3)21-12-16-11-18(20(5,6)7)22-19-15(4)13(2)9-10-17(16)19/h9-11,14,21H,8,12H2,1-7H3. The summed E-state index contributed by atoms with van der Waals surface area (Å²) in [5, 5.41) is 4.91. The molecule has 120 valence electrons. The lowest BCUT2D eigenvalue weighted by Crippen LogP contribution is -2.25. The molecule has 2 aromatic rings. The lowest BCUT2D eigenvalue weighted by molar-refractivity contribution is 0.532. The van der Waals surface area contributed by atoms with Crippen LogP contribution in [-0.2, 0) is 12.0 Å². The number of nitrogens with zero attached hydrogens (tertiary/aromatic N) is 1. The summed E-state index contributed by atoms with van der Waals surface area (Å²) in [7, 11) is 0. The van der Waals surface area contributed by atoms with Gasteiger partial charge >= 0.3 is 0 Å². The second-order valence-electron chi connectivity index (χ2n) is 7.51. The second kappa shape index (κ2) is 6.37. The molecule has 0 spiro atoms. The largest absolute Gasteiger partial charge is 0.310 e. The number of pyridine rings is 1. The number of fused-ring (bicyclic) bond motifs is 1. The van der Waals surface area contributed by atoms with Gasteiger partial charge in [-0.1, -0.05) is 39.8 Å². The summed E-state index contributed by atoms with van der Waals surface area (Å²) >= 11 is 0. The van der Waals surface area contributed by atoms with Crippen molar-refractivity contribution >= 4 is 10.9 Å². The van der Waals surface area contributed by atoms with Gasteiger partial charge in [0.2, 0.25) is 0 Å². The Kier molecular flexibility index (Phi) is 4.91. The summed E-state index contributed by atoms with van der Waals surface area (Å²) < 4.78 is 0. The van der Waals surface area contributed by atoms with Crippen LogP contribution in [-0.4, -0.2) is 11.0 Å². The summed E-state index contributed by atoms with van der Waals surface area (Å²) in [6.07, 6.45) is 1.15. The summed E-state index contributed by atoms with van der Waals surface area (Å²) in [5.74, 6) is 0. The molecule has 0 aliphatic rings. The molecule has 2 rings (SSSR count). The van der Waals surface area contributed by atoms with Crippen LogP contribution in [0.4, 0.5) is 0 Å². The van der Waals surface area contributed by atoms with Gasteiger partial charge in [0.25, 0.3) is 0 Å². The molecule has 2 heteroatoms. The molecule has 1 atom stereocenters. The Bertz CT molecular complexity index is 665. The van der Waals surface area contributed by atoms with Crippen LogP contribution in [0, 0.1) is 13.8 Å². The van der Waals surface area contributed by atoms with E-state index in [1.165, 1.54) is 27.8 Å². The molecule has 0 aliphatic carbocycles. The van der Waals surface area contributed by atoms with E-state index in [0.717, 1.165) is 18.5 Å². The highest BCUT2D eigenvalue weighted by Crippen LogP contribution is 2.29. The van der Waals surface area contributed by atoms with Crippen LogP contribution < -0.4 is 5.32 Å². The molecule has 0 bridgehead atoms. The number of hydrogen-bond acceptors (Lipinski definition) is 2. The molecule has 1 unspecified atom stereocenters. The minimum Gasteiger partial charge on any atom is -0.310 e. The molecule has 1 N–H and O–H groups in total. The Hall–Kier alpha value is -1.41. The molecule has 0 saturated heterocycles. The van der Waals surface area contributed by atoms with Crippen LogP contribution in [0.25, 0.3) is 10.9 Å². The van der Waals surface area contributed by atoms with E-state index in [1.807, 2.05) is 0 Å². The smallest absolute Gasteiger partial charge is 0.0740 e. The van der Waals surface area contributed by atoms with Gasteiger partial charge in [-0.25, -0.2) is 0 Å². The lowest BCUT2D eigenvalue weighted by Gasteiger charge is -2.22. The second-order valence-corrected chi connectivity index (χ2v) is 7.51. The third kappa shape index (κ3) is 3.49. The van der Waals surface area contributed by atoms with Gasteiger partial charge in [-0.2, -0.15) is 0 Å². The molecule has 0 amide bonds. The maximum absolute atomic E-state index is 4.99. The topological polar surface area (TPSA) is 24.9 Å². The minimum atomic E-state index is 0.0650. The van der Waals surface area contributed by atoms with E-state index in [9.17, 15) is 0 Å². The Morgan fingerprint density at radius 1 is 1.18 bits per heavy atom. The predicted molar refractivity (Wildman–Crippen MR) is 96.5 cm³/mol. The number of nitrogens with one attached hydrogen (secondary N) is 1. The van der Waals surface area contributed by atoms with E-state index >= 15 is 0 Å². The Labute approximate surface area is 135 Å². The van der Waals surface area contributed by atoms with Crippen molar-refractivity contribution in [1.82, 2.24) is 10.3 Å².